The maximum absolute atomic E-state index is 4.55. The summed E-state index contributed by atoms with van der Waals surface area (Å²) in [6.45, 7) is 0. The number of aromatic nitrogens is 1. The first-order valence-corrected chi connectivity index (χ1v) is 8.66. The van der Waals surface area contributed by atoms with E-state index >= 15 is 0 Å². The Kier molecular flexibility index (Phi) is 2.94. The van der Waals surface area contributed by atoms with E-state index in [1.165, 1.54) is 14.4 Å². The van der Waals surface area contributed by atoms with Crippen LogP contribution in [-0.4, -0.2) is 34.0 Å². The second-order valence-corrected chi connectivity index (χ2v) is 7.36. The van der Waals surface area contributed by atoms with Crippen LogP contribution in [0.5, 0.6) is 0 Å². The third-order valence-electron chi connectivity index (χ3n) is 2.34. The van der Waals surface area contributed by atoms with Gasteiger partial charge >= 0.3 is 107 Å². The van der Waals surface area contributed by atoms with Crippen LogP contribution in [0.1, 0.15) is 0 Å². The molecule has 0 unspecified atom stereocenters. The molecule has 78 valence electrons. The monoisotopic (exact) mass is 339 g/mol. The van der Waals surface area contributed by atoms with Gasteiger partial charge < -0.3 is 0 Å². The van der Waals surface area contributed by atoms with Gasteiger partial charge in [0.1, 0.15) is 0 Å². The van der Waals surface area contributed by atoms with Crippen LogP contribution in [0.25, 0.3) is 20.1 Å². The predicted molar refractivity (Wildman–Crippen MR) is 69.0 cm³/mol. The Bertz CT molecular complexity index is 497. The van der Waals surface area contributed by atoms with Crippen LogP contribution in [0.15, 0.2) is 52.5 Å². The molecule has 0 saturated heterocycles. The molecule has 0 radical (unpaired) electrons. The predicted octanol–water partition coefficient (Wildman–Crippen LogP) is 2.53. The normalized spacial score (nSPS) is 10.5. The fourth-order valence-electron chi connectivity index (χ4n) is 1.55. The number of nitrogens with zero attached hydrogens (tertiary/aromatic N) is 1. The van der Waals surface area contributed by atoms with E-state index in [1.807, 2.05) is 6.20 Å². The quantitative estimate of drug-likeness (QED) is 0.655. The first-order chi connectivity index (χ1) is 7.93. The Morgan fingerprint density at radius 1 is 0.812 bits per heavy atom. The molecule has 3 rings (SSSR count). The molecule has 3 heteroatoms. The van der Waals surface area contributed by atoms with Crippen molar-refractivity contribution >= 4 is 29.0 Å². The van der Waals surface area contributed by atoms with Gasteiger partial charge in [-0.15, -0.1) is 0 Å². The zero-order valence-corrected chi connectivity index (χ0v) is 11.9. The number of pyridine rings is 1. The van der Waals surface area contributed by atoms with E-state index in [2.05, 4.69) is 51.3 Å². The molecule has 0 aliphatic carbocycles. The van der Waals surface area contributed by atoms with Crippen molar-refractivity contribution in [2.75, 3.05) is 0 Å². The van der Waals surface area contributed by atoms with Gasteiger partial charge in [0.15, 0.2) is 0 Å². The van der Waals surface area contributed by atoms with Crippen LogP contribution in [-0.2, 0) is 0 Å². The second kappa shape index (κ2) is 4.57. The molecule has 3 heterocycles. The van der Waals surface area contributed by atoms with Crippen molar-refractivity contribution in [2.24, 2.45) is 0 Å². The topological polar surface area (TPSA) is 12.9 Å². The Balaban J connectivity index is 1.97. The van der Waals surface area contributed by atoms with Crippen molar-refractivity contribution in [1.82, 2.24) is 4.98 Å². The zero-order chi connectivity index (χ0) is 10.8. The summed E-state index contributed by atoms with van der Waals surface area (Å²) < 4.78 is 2.80. The van der Waals surface area contributed by atoms with E-state index in [0.717, 1.165) is 5.69 Å². The van der Waals surface area contributed by atoms with Gasteiger partial charge in [-0.05, 0) is 0 Å². The van der Waals surface area contributed by atoms with Crippen molar-refractivity contribution in [3.63, 3.8) is 0 Å². The van der Waals surface area contributed by atoms with Crippen molar-refractivity contribution in [2.45, 2.75) is 0 Å². The average molecular weight is 337 g/mol. The molecule has 3 aromatic rings. The Morgan fingerprint density at radius 2 is 1.56 bits per heavy atom. The molecule has 0 amide bonds. The molecule has 0 fully saturated rings. The second-order valence-electron chi connectivity index (χ2n) is 3.39. The van der Waals surface area contributed by atoms with Gasteiger partial charge in [-0.25, -0.2) is 0 Å². The summed E-state index contributed by atoms with van der Waals surface area (Å²) in [5.41, 5.74) is 2.40. The van der Waals surface area contributed by atoms with Crippen LogP contribution in [0.4, 0.5) is 0 Å². The molecule has 0 aromatic carbocycles. The van der Waals surface area contributed by atoms with Gasteiger partial charge in [0.25, 0.3) is 0 Å². The molecule has 0 aliphatic heterocycles. The fourth-order valence-corrected chi connectivity index (χ4v) is 4.53. The van der Waals surface area contributed by atoms with Gasteiger partial charge in [-0.3, -0.25) is 0 Å². The maximum atomic E-state index is 4.55. The number of rotatable bonds is 2. The van der Waals surface area contributed by atoms with Crippen LogP contribution in [0.2, 0.25) is 0 Å². The Morgan fingerprint density at radius 3 is 2.12 bits per heavy atom. The molecular formula is C13H9NSe2. The first kappa shape index (κ1) is 10.3. The molecule has 0 atom stereocenters. The van der Waals surface area contributed by atoms with Crippen LogP contribution in [0, 0.1) is 0 Å². The van der Waals surface area contributed by atoms with E-state index in [9.17, 15) is 0 Å². The van der Waals surface area contributed by atoms with E-state index in [4.69, 9.17) is 0 Å². The summed E-state index contributed by atoms with van der Waals surface area (Å²) in [4.78, 5) is 9.02. The van der Waals surface area contributed by atoms with Gasteiger partial charge in [-0.2, -0.15) is 0 Å². The summed E-state index contributed by atoms with van der Waals surface area (Å²) in [5.74, 6) is 0. The molecule has 0 aliphatic rings. The first-order valence-electron chi connectivity index (χ1n) is 4.97. The van der Waals surface area contributed by atoms with Gasteiger partial charge in [0, 0.05) is 0 Å². The van der Waals surface area contributed by atoms with Gasteiger partial charge in [0.05, 0.1) is 0 Å². The minimum absolute atomic E-state index is 0.479. The molecule has 16 heavy (non-hydrogen) atoms. The SMILES string of the molecule is c1c[se]c(-c2ccc(-c3ccc[se]3)nc2)c1. The van der Waals surface area contributed by atoms with E-state index in [1.54, 1.807) is 0 Å². The molecule has 0 N–H and O–H groups in total. The number of hydrogen-bond donors (Lipinski definition) is 0. The van der Waals surface area contributed by atoms with E-state index in [0.29, 0.717) is 29.0 Å². The Labute approximate surface area is 106 Å². The number of hydrogen-bond acceptors (Lipinski definition) is 1. The molecule has 0 bridgehead atoms. The zero-order valence-electron chi connectivity index (χ0n) is 8.46. The summed E-state index contributed by atoms with van der Waals surface area (Å²) in [5, 5.41) is 0. The summed E-state index contributed by atoms with van der Waals surface area (Å²) in [6, 6.07) is 13.0. The van der Waals surface area contributed by atoms with Crippen molar-refractivity contribution in [3.8, 4) is 20.1 Å². The summed E-state index contributed by atoms with van der Waals surface area (Å²) in [6.07, 6.45) is 2.01. The molecule has 3 aromatic heterocycles. The van der Waals surface area contributed by atoms with Gasteiger partial charge in [0.2, 0.25) is 0 Å². The Hall–Kier alpha value is -0.851. The average Bonchev–Trinajstić information content (AvgIpc) is 3.03. The van der Waals surface area contributed by atoms with Crippen molar-refractivity contribution in [3.05, 3.63) is 52.5 Å². The molecular weight excluding hydrogens is 328 g/mol. The fraction of sp³-hybridized carbons (Fsp3) is 0. The third-order valence-corrected chi connectivity index (χ3v) is 6.14. The molecule has 0 saturated carbocycles. The van der Waals surface area contributed by atoms with E-state index < -0.39 is 0 Å². The van der Waals surface area contributed by atoms with Crippen molar-refractivity contribution < 1.29 is 0 Å². The van der Waals surface area contributed by atoms with E-state index in [-0.39, 0.29) is 0 Å². The van der Waals surface area contributed by atoms with Gasteiger partial charge in [-0.1, -0.05) is 0 Å². The minimum atomic E-state index is 0.479. The molecule has 1 nitrogen and oxygen atoms in total. The summed E-state index contributed by atoms with van der Waals surface area (Å²) >= 11 is 0.980. The summed E-state index contributed by atoms with van der Waals surface area (Å²) in [7, 11) is 0. The molecule has 0 spiro atoms. The van der Waals surface area contributed by atoms with Crippen LogP contribution >= 0.6 is 0 Å². The van der Waals surface area contributed by atoms with Crippen molar-refractivity contribution in [1.29, 1.82) is 0 Å². The van der Waals surface area contributed by atoms with Crippen LogP contribution in [0.3, 0.4) is 0 Å². The standard InChI is InChI=1S/C13H9NSe2/c1-3-12(15-7-1)10-5-6-11(14-9-10)13-4-2-8-16-13/h1-9H. The van der Waals surface area contributed by atoms with Crippen LogP contribution < -0.4 is 0 Å². The third kappa shape index (κ3) is 2.00.